The number of nitrogens with one attached hydrogen (secondary N) is 1. The molecular formula is C17H22FN3O3. The number of benzene rings is 1. The topological polar surface area (TPSA) is 69.7 Å². The number of amides is 3. The SMILES string of the molecule is CNC(=O)[C@H]1CN(C(C)=O)CCN(C(=O)Cc2cccc(F)c2)C1. The molecule has 0 aromatic heterocycles. The number of halogens is 1. The van der Waals surface area contributed by atoms with Crippen LogP contribution in [0.15, 0.2) is 24.3 Å². The summed E-state index contributed by atoms with van der Waals surface area (Å²) >= 11 is 0. The maximum atomic E-state index is 13.3. The van der Waals surface area contributed by atoms with Crippen LogP contribution in [0, 0.1) is 11.7 Å². The second-order valence-corrected chi connectivity index (χ2v) is 5.92. The summed E-state index contributed by atoms with van der Waals surface area (Å²) in [5, 5.41) is 2.57. The third-order valence-corrected chi connectivity index (χ3v) is 4.18. The molecule has 1 atom stereocenters. The summed E-state index contributed by atoms with van der Waals surface area (Å²) in [6.07, 6.45) is 0.0678. The fourth-order valence-corrected chi connectivity index (χ4v) is 2.83. The molecule has 0 aliphatic carbocycles. The van der Waals surface area contributed by atoms with Gasteiger partial charge in [0.05, 0.1) is 12.3 Å². The van der Waals surface area contributed by atoms with Crippen LogP contribution in [0.25, 0.3) is 0 Å². The van der Waals surface area contributed by atoms with Gasteiger partial charge in [0.2, 0.25) is 17.7 Å². The highest BCUT2D eigenvalue weighted by atomic mass is 19.1. The third-order valence-electron chi connectivity index (χ3n) is 4.18. The van der Waals surface area contributed by atoms with Crippen molar-refractivity contribution >= 4 is 17.7 Å². The molecule has 1 aromatic rings. The van der Waals surface area contributed by atoms with E-state index < -0.39 is 5.92 Å². The summed E-state index contributed by atoms with van der Waals surface area (Å²) < 4.78 is 13.3. The molecular weight excluding hydrogens is 313 g/mol. The van der Waals surface area contributed by atoms with Crippen molar-refractivity contribution in [3.63, 3.8) is 0 Å². The van der Waals surface area contributed by atoms with Gasteiger partial charge in [-0.25, -0.2) is 4.39 Å². The number of carbonyl (C=O) groups excluding carboxylic acids is 3. The van der Waals surface area contributed by atoms with Crippen molar-refractivity contribution in [2.45, 2.75) is 13.3 Å². The van der Waals surface area contributed by atoms with Crippen molar-refractivity contribution in [3.05, 3.63) is 35.6 Å². The summed E-state index contributed by atoms with van der Waals surface area (Å²) in [5.74, 6) is -1.37. The van der Waals surface area contributed by atoms with Crippen LogP contribution in [0.3, 0.4) is 0 Å². The number of carbonyl (C=O) groups is 3. The Morgan fingerprint density at radius 2 is 1.88 bits per heavy atom. The van der Waals surface area contributed by atoms with Gasteiger partial charge in [0.1, 0.15) is 5.82 Å². The molecule has 0 saturated carbocycles. The van der Waals surface area contributed by atoms with E-state index in [0.717, 1.165) is 0 Å². The average molecular weight is 335 g/mol. The van der Waals surface area contributed by atoms with Gasteiger partial charge in [0, 0.05) is 40.2 Å². The molecule has 0 bridgehead atoms. The lowest BCUT2D eigenvalue weighted by atomic mass is 10.1. The van der Waals surface area contributed by atoms with E-state index in [1.54, 1.807) is 21.9 Å². The third kappa shape index (κ3) is 4.53. The van der Waals surface area contributed by atoms with E-state index in [0.29, 0.717) is 25.2 Å². The maximum absolute atomic E-state index is 13.3. The molecule has 1 N–H and O–H groups in total. The first kappa shape index (κ1) is 17.9. The Hall–Kier alpha value is -2.44. The Morgan fingerprint density at radius 1 is 1.21 bits per heavy atom. The molecule has 24 heavy (non-hydrogen) atoms. The molecule has 2 rings (SSSR count). The van der Waals surface area contributed by atoms with Crippen LogP contribution in [0.2, 0.25) is 0 Å². The average Bonchev–Trinajstić information content (AvgIpc) is 2.77. The van der Waals surface area contributed by atoms with Gasteiger partial charge >= 0.3 is 0 Å². The Morgan fingerprint density at radius 3 is 2.50 bits per heavy atom. The summed E-state index contributed by atoms with van der Waals surface area (Å²) in [6, 6.07) is 5.90. The summed E-state index contributed by atoms with van der Waals surface area (Å²) in [7, 11) is 1.53. The summed E-state index contributed by atoms with van der Waals surface area (Å²) in [4.78, 5) is 39.4. The zero-order valence-corrected chi connectivity index (χ0v) is 13.9. The molecule has 1 fully saturated rings. The van der Waals surface area contributed by atoms with Crippen LogP contribution >= 0.6 is 0 Å². The lowest BCUT2D eigenvalue weighted by Crippen LogP contribution is -2.42. The van der Waals surface area contributed by atoms with Crippen LogP contribution in [0.4, 0.5) is 4.39 Å². The Labute approximate surface area is 140 Å². The first-order valence-electron chi connectivity index (χ1n) is 7.90. The lowest BCUT2D eigenvalue weighted by Gasteiger charge is -2.23. The molecule has 1 saturated heterocycles. The standard InChI is InChI=1S/C17H22FN3O3/c1-12(22)20-6-7-21(11-14(10-20)17(24)19-2)16(23)9-13-4-3-5-15(18)8-13/h3-5,8,14H,6-7,9-11H2,1-2H3,(H,19,24)/t14-/m0/s1. The van der Waals surface area contributed by atoms with E-state index in [2.05, 4.69) is 5.32 Å². The molecule has 1 aromatic carbocycles. The molecule has 1 aliphatic rings. The summed E-state index contributed by atoms with van der Waals surface area (Å²) in [6.45, 7) is 2.74. The van der Waals surface area contributed by atoms with Crippen LogP contribution in [-0.4, -0.2) is 60.7 Å². The van der Waals surface area contributed by atoms with Gasteiger partial charge in [0.25, 0.3) is 0 Å². The molecule has 0 unspecified atom stereocenters. The number of hydrogen-bond donors (Lipinski definition) is 1. The van der Waals surface area contributed by atoms with Gasteiger partial charge in [-0.2, -0.15) is 0 Å². The fraction of sp³-hybridized carbons (Fsp3) is 0.471. The van der Waals surface area contributed by atoms with Crippen molar-refractivity contribution in [2.24, 2.45) is 5.92 Å². The van der Waals surface area contributed by atoms with Crippen LogP contribution in [0.5, 0.6) is 0 Å². The molecule has 1 heterocycles. The Bertz CT molecular complexity index is 635. The highest BCUT2D eigenvalue weighted by Crippen LogP contribution is 2.13. The fourth-order valence-electron chi connectivity index (χ4n) is 2.83. The van der Waals surface area contributed by atoms with Gasteiger partial charge in [-0.1, -0.05) is 12.1 Å². The minimum Gasteiger partial charge on any atom is -0.359 e. The number of rotatable bonds is 3. The first-order chi connectivity index (χ1) is 11.4. The van der Waals surface area contributed by atoms with E-state index in [4.69, 9.17) is 0 Å². The summed E-state index contributed by atoms with van der Waals surface area (Å²) in [5.41, 5.74) is 0.587. The van der Waals surface area contributed by atoms with Gasteiger partial charge in [-0.05, 0) is 17.7 Å². The molecule has 6 nitrogen and oxygen atoms in total. The first-order valence-corrected chi connectivity index (χ1v) is 7.90. The molecule has 3 amide bonds. The van der Waals surface area contributed by atoms with E-state index in [1.165, 1.54) is 26.1 Å². The van der Waals surface area contributed by atoms with Gasteiger partial charge < -0.3 is 15.1 Å². The molecule has 7 heteroatoms. The second kappa shape index (κ2) is 7.90. The zero-order valence-electron chi connectivity index (χ0n) is 13.9. The number of nitrogens with zero attached hydrogens (tertiary/aromatic N) is 2. The quantitative estimate of drug-likeness (QED) is 0.870. The molecule has 130 valence electrons. The largest absolute Gasteiger partial charge is 0.359 e. The molecule has 0 radical (unpaired) electrons. The maximum Gasteiger partial charge on any atom is 0.227 e. The van der Waals surface area contributed by atoms with E-state index in [-0.39, 0.29) is 36.5 Å². The van der Waals surface area contributed by atoms with Gasteiger partial charge in [-0.3, -0.25) is 14.4 Å². The van der Waals surface area contributed by atoms with E-state index in [1.807, 2.05) is 0 Å². The highest BCUT2D eigenvalue weighted by molar-refractivity contribution is 5.83. The smallest absolute Gasteiger partial charge is 0.227 e. The van der Waals surface area contributed by atoms with Crippen molar-refractivity contribution < 1.29 is 18.8 Å². The lowest BCUT2D eigenvalue weighted by molar-refractivity contribution is -0.132. The Balaban J connectivity index is 2.11. The van der Waals surface area contributed by atoms with Gasteiger partial charge in [0.15, 0.2) is 0 Å². The van der Waals surface area contributed by atoms with Crippen molar-refractivity contribution in [3.8, 4) is 0 Å². The highest BCUT2D eigenvalue weighted by Gasteiger charge is 2.30. The van der Waals surface area contributed by atoms with Crippen LogP contribution in [-0.2, 0) is 20.8 Å². The number of hydrogen-bond acceptors (Lipinski definition) is 3. The van der Waals surface area contributed by atoms with Crippen molar-refractivity contribution in [1.29, 1.82) is 0 Å². The molecule has 1 aliphatic heterocycles. The molecule has 0 spiro atoms. The zero-order chi connectivity index (χ0) is 17.7. The van der Waals surface area contributed by atoms with Crippen molar-refractivity contribution in [2.75, 3.05) is 33.2 Å². The van der Waals surface area contributed by atoms with E-state index in [9.17, 15) is 18.8 Å². The van der Waals surface area contributed by atoms with Crippen LogP contribution in [0.1, 0.15) is 12.5 Å². The predicted octanol–water partition coefficient (Wildman–Crippen LogP) is 0.421. The van der Waals surface area contributed by atoms with Gasteiger partial charge in [-0.15, -0.1) is 0 Å². The second-order valence-electron chi connectivity index (χ2n) is 5.92. The minimum atomic E-state index is -0.474. The Kier molecular flexibility index (Phi) is 5.89. The van der Waals surface area contributed by atoms with Crippen molar-refractivity contribution in [1.82, 2.24) is 15.1 Å². The minimum absolute atomic E-state index is 0.0678. The van der Waals surface area contributed by atoms with E-state index >= 15 is 0 Å². The predicted molar refractivity (Wildman–Crippen MR) is 86.5 cm³/mol. The normalized spacial score (nSPS) is 18.0. The van der Waals surface area contributed by atoms with Crippen LogP contribution < -0.4 is 5.32 Å². The monoisotopic (exact) mass is 335 g/mol.